The number of imidazole rings is 2. The number of H-pyrrole nitrogens is 1. The number of anilines is 1. The lowest BCUT2D eigenvalue weighted by atomic mass is 9.95. The normalized spacial score (nSPS) is 19.1. The number of nitrogens with zero attached hydrogens (tertiary/aromatic N) is 7. The van der Waals surface area contributed by atoms with E-state index in [2.05, 4.69) is 36.4 Å². The van der Waals surface area contributed by atoms with E-state index >= 15 is 0 Å². The maximum atomic E-state index is 14.0. The molecule has 2 saturated heterocycles. The van der Waals surface area contributed by atoms with E-state index in [4.69, 9.17) is 4.98 Å². The first-order valence-corrected chi connectivity index (χ1v) is 14.4. The summed E-state index contributed by atoms with van der Waals surface area (Å²) < 4.78 is 44.8. The van der Waals surface area contributed by atoms with Crippen LogP contribution in [0.2, 0.25) is 0 Å². The van der Waals surface area contributed by atoms with Crippen molar-refractivity contribution in [3.8, 4) is 11.3 Å². The highest BCUT2D eigenvalue weighted by Gasteiger charge is 2.29. The first-order valence-electron chi connectivity index (χ1n) is 14.4. The Balaban J connectivity index is 1.30. The monoisotopic (exact) mass is 568 g/mol. The van der Waals surface area contributed by atoms with Crippen LogP contribution in [-0.4, -0.2) is 66.7 Å². The lowest BCUT2D eigenvalue weighted by Crippen LogP contribution is -2.40. The van der Waals surface area contributed by atoms with Crippen molar-refractivity contribution in [2.45, 2.75) is 70.5 Å². The van der Waals surface area contributed by atoms with Crippen molar-refractivity contribution in [1.82, 2.24) is 34.0 Å². The molecule has 1 aromatic carbocycles. The molecule has 4 aromatic rings. The number of piperidine rings is 2. The third-order valence-electron chi connectivity index (χ3n) is 8.68. The molecular formula is C29H35F3N8O. The second-order valence-corrected chi connectivity index (χ2v) is 11.1. The summed E-state index contributed by atoms with van der Waals surface area (Å²) >= 11 is 0. The van der Waals surface area contributed by atoms with Gasteiger partial charge < -0.3 is 14.4 Å². The molecule has 5 heterocycles. The summed E-state index contributed by atoms with van der Waals surface area (Å²) in [5.41, 5.74) is 1.52. The molecule has 218 valence electrons. The zero-order chi connectivity index (χ0) is 28.7. The molecular weight excluding hydrogens is 533 g/mol. The minimum absolute atomic E-state index is 0.154. The van der Waals surface area contributed by atoms with Crippen molar-refractivity contribution in [2.24, 2.45) is 0 Å². The quantitative estimate of drug-likeness (QED) is 0.340. The van der Waals surface area contributed by atoms with Crippen LogP contribution in [0.1, 0.15) is 62.8 Å². The van der Waals surface area contributed by atoms with E-state index < -0.39 is 17.8 Å². The highest BCUT2D eigenvalue weighted by molar-refractivity contribution is 5.83. The molecule has 2 fully saturated rings. The van der Waals surface area contributed by atoms with Gasteiger partial charge in [0.1, 0.15) is 23.5 Å². The number of benzene rings is 1. The summed E-state index contributed by atoms with van der Waals surface area (Å²) in [4.78, 5) is 33.6. The summed E-state index contributed by atoms with van der Waals surface area (Å²) in [7, 11) is 2.15. The summed E-state index contributed by atoms with van der Waals surface area (Å²) in [6, 6.07) is 4.21. The number of halogens is 3. The van der Waals surface area contributed by atoms with Gasteiger partial charge in [-0.15, -0.1) is 0 Å². The van der Waals surface area contributed by atoms with Crippen LogP contribution in [-0.2, 0) is 13.1 Å². The molecule has 2 aliphatic rings. The van der Waals surface area contributed by atoms with Gasteiger partial charge in [0.25, 0.3) is 6.43 Å². The minimum Gasteiger partial charge on any atom is -0.355 e. The maximum Gasteiger partial charge on any atom is 0.327 e. The number of likely N-dealkylation sites (N-methyl/N-ethyl adjacent to an activating group) is 1. The Morgan fingerprint density at radius 2 is 1.90 bits per heavy atom. The molecule has 41 heavy (non-hydrogen) atoms. The topological polar surface area (TPSA) is 87.9 Å². The average Bonchev–Trinajstić information content (AvgIpc) is 3.54. The fourth-order valence-electron chi connectivity index (χ4n) is 6.38. The standard InChI is InChI=1S/C29H35F3N8O/c1-3-40-24-26(36-29(40)41)33-17-34-28(24)38-12-9-18(10-13-38)27-35-23(19-7-8-22(30)21(14-19)25(31)32)16-39(27)15-20-6-4-5-11-37(20)2/h7-8,14,16-18,20,25H,3-6,9-13,15H2,1-2H3,(H,33,34,36,41). The van der Waals surface area contributed by atoms with Crippen molar-refractivity contribution in [3.63, 3.8) is 0 Å². The Bertz CT molecular complexity index is 1590. The Hall–Kier alpha value is -3.67. The van der Waals surface area contributed by atoms with Gasteiger partial charge in [0.2, 0.25) is 0 Å². The molecule has 1 atom stereocenters. The van der Waals surface area contributed by atoms with Crippen LogP contribution in [0.25, 0.3) is 22.4 Å². The highest BCUT2D eigenvalue weighted by Crippen LogP contribution is 2.35. The predicted molar refractivity (Wildman–Crippen MR) is 151 cm³/mol. The van der Waals surface area contributed by atoms with Crippen LogP contribution in [0, 0.1) is 5.82 Å². The number of nitrogens with one attached hydrogen (secondary N) is 1. The fraction of sp³-hybridized carbons (Fsp3) is 0.517. The van der Waals surface area contributed by atoms with E-state index in [1.54, 1.807) is 4.57 Å². The molecule has 12 heteroatoms. The van der Waals surface area contributed by atoms with Crippen LogP contribution >= 0.6 is 0 Å². The van der Waals surface area contributed by atoms with Gasteiger partial charge in [-0.25, -0.2) is 32.9 Å². The number of aromatic amines is 1. The van der Waals surface area contributed by atoms with Gasteiger partial charge >= 0.3 is 5.69 Å². The molecule has 0 aliphatic carbocycles. The number of alkyl halides is 2. The van der Waals surface area contributed by atoms with Crippen molar-refractivity contribution in [1.29, 1.82) is 0 Å². The lowest BCUT2D eigenvalue weighted by molar-refractivity contribution is 0.146. The number of hydrogen-bond donors (Lipinski definition) is 1. The molecule has 9 nitrogen and oxygen atoms in total. The molecule has 0 spiro atoms. The van der Waals surface area contributed by atoms with E-state index in [1.165, 1.54) is 31.3 Å². The number of fused-ring (bicyclic) bond motifs is 1. The van der Waals surface area contributed by atoms with Crippen molar-refractivity contribution in [2.75, 3.05) is 31.6 Å². The Morgan fingerprint density at radius 3 is 2.63 bits per heavy atom. The molecule has 0 radical (unpaired) electrons. The van der Waals surface area contributed by atoms with E-state index in [0.717, 1.165) is 63.2 Å². The van der Waals surface area contributed by atoms with Crippen molar-refractivity contribution < 1.29 is 13.2 Å². The van der Waals surface area contributed by atoms with Crippen molar-refractivity contribution >= 4 is 17.0 Å². The Kier molecular flexibility index (Phi) is 7.58. The number of likely N-dealkylation sites (tertiary alicyclic amines) is 1. The Labute approximate surface area is 236 Å². The summed E-state index contributed by atoms with van der Waals surface area (Å²) in [5, 5.41) is 0. The summed E-state index contributed by atoms with van der Waals surface area (Å²) in [5.74, 6) is 0.920. The second kappa shape index (κ2) is 11.3. The third kappa shape index (κ3) is 5.25. The van der Waals surface area contributed by atoms with Gasteiger partial charge in [0.15, 0.2) is 11.5 Å². The number of aryl methyl sites for hydroxylation is 1. The summed E-state index contributed by atoms with van der Waals surface area (Å²) in [6.07, 6.45) is 5.61. The van der Waals surface area contributed by atoms with Crippen molar-refractivity contribution in [3.05, 3.63) is 58.4 Å². The zero-order valence-corrected chi connectivity index (χ0v) is 23.4. The largest absolute Gasteiger partial charge is 0.355 e. The molecule has 3 aromatic heterocycles. The molecule has 1 unspecified atom stereocenters. The van der Waals surface area contributed by atoms with Gasteiger partial charge in [0, 0.05) is 49.9 Å². The highest BCUT2D eigenvalue weighted by atomic mass is 19.3. The van der Waals surface area contributed by atoms with E-state index in [-0.39, 0.29) is 11.6 Å². The van der Waals surface area contributed by atoms with Crippen LogP contribution in [0.15, 0.2) is 35.5 Å². The molecule has 6 rings (SSSR count). The summed E-state index contributed by atoms with van der Waals surface area (Å²) in [6.45, 7) is 5.69. The van der Waals surface area contributed by atoms with Crippen LogP contribution in [0.3, 0.4) is 0 Å². The van der Waals surface area contributed by atoms with Gasteiger partial charge in [0.05, 0.1) is 11.3 Å². The van der Waals surface area contributed by atoms with Crippen LogP contribution < -0.4 is 10.6 Å². The minimum atomic E-state index is -2.89. The van der Waals surface area contributed by atoms with E-state index in [0.29, 0.717) is 35.0 Å². The number of hydrogen-bond acceptors (Lipinski definition) is 6. The lowest BCUT2D eigenvalue weighted by Gasteiger charge is -2.35. The van der Waals surface area contributed by atoms with Gasteiger partial charge in [-0.05, 0) is 64.4 Å². The zero-order valence-electron chi connectivity index (χ0n) is 23.4. The SMILES string of the molecule is CCn1c(=O)[nH]c2ncnc(N3CCC(c4nc(-c5ccc(F)c(C(F)F)c5)cn4CC4CCCCN4C)CC3)c21. The smallest absolute Gasteiger partial charge is 0.327 e. The first kappa shape index (κ1) is 27.5. The molecule has 0 saturated carbocycles. The second-order valence-electron chi connectivity index (χ2n) is 11.1. The van der Waals surface area contributed by atoms with Gasteiger partial charge in [-0.3, -0.25) is 9.55 Å². The van der Waals surface area contributed by atoms with E-state index in [1.807, 2.05) is 13.1 Å². The molecule has 0 amide bonds. The molecule has 1 N–H and O–H groups in total. The van der Waals surface area contributed by atoms with Crippen LogP contribution in [0.4, 0.5) is 19.0 Å². The first-order chi connectivity index (χ1) is 19.8. The van der Waals surface area contributed by atoms with Gasteiger partial charge in [-0.1, -0.05) is 6.42 Å². The number of aromatic nitrogens is 6. The predicted octanol–water partition coefficient (Wildman–Crippen LogP) is 4.95. The molecule has 0 bridgehead atoms. The Morgan fingerprint density at radius 1 is 1.10 bits per heavy atom. The van der Waals surface area contributed by atoms with E-state index in [9.17, 15) is 18.0 Å². The van der Waals surface area contributed by atoms with Crippen LogP contribution in [0.5, 0.6) is 0 Å². The third-order valence-corrected chi connectivity index (χ3v) is 8.68. The molecule has 2 aliphatic heterocycles. The maximum absolute atomic E-state index is 14.0. The average molecular weight is 569 g/mol. The fourth-order valence-corrected chi connectivity index (χ4v) is 6.38. The number of rotatable bonds is 7. The van der Waals surface area contributed by atoms with Gasteiger partial charge in [-0.2, -0.15) is 0 Å².